The number of hydrogen-bond donors (Lipinski definition) is 1. The van der Waals surface area contributed by atoms with E-state index in [0.29, 0.717) is 6.04 Å². The van der Waals surface area contributed by atoms with Crippen LogP contribution in [0, 0.1) is 0 Å². The molecule has 0 aliphatic carbocycles. The van der Waals surface area contributed by atoms with Gasteiger partial charge in [-0.1, -0.05) is 37.8 Å². The molecule has 0 fully saturated rings. The van der Waals surface area contributed by atoms with Gasteiger partial charge in [0.15, 0.2) is 0 Å². The van der Waals surface area contributed by atoms with E-state index in [2.05, 4.69) is 42.1 Å². The summed E-state index contributed by atoms with van der Waals surface area (Å²) in [6.07, 6.45) is 7.38. The summed E-state index contributed by atoms with van der Waals surface area (Å²) in [5.41, 5.74) is 1.26. The summed E-state index contributed by atoms with van der Waals surface area (Å²) in [5, 5.41) is 5.63. The van der Waals surface area contributed by atoms with E-state index in [0.717, 1.165) is 18.1 Å². The normalized spacial score (nSPS) is 12.9. The molecule has 0 saturated heterocycles. The fourth-order valence-electron chi connectivity index (χ4n) is 2.60. The molecule has 2 rings (SSSR count). The quantitative estimate of drug-likeness (QED) is 0.688. The zero-order valence-electron chi connectivity index (χ0n) is 12.5. The number of nitrogens with one attached hydrogen (secondary N) is 1. The maximum absolute atomic E-state index is 6.01. The van der Waals surface area contributed by atoms with Crippen LogP contribution in [0.1, 0.15) is 39.5 Å². The minimum atomic E-state index is 0.609. The Morgan fingerprint density at radius 1 is 1.25 bits per heavy atom. The van der Waals surface area contributed by atoms with Gasteiger partial charge >= 0.3 is 0 Å². The number of fused-ring (bicyclic) bond motifs is 1. The fourth-order valence-corrected chi connectivity index (χ4v) is 2.78. The third-order valence-electron chi connectivity index (χ3n) is 3.82. The molecule has 1 N–H and O–H groups in total. The molecule has 2 nitrogen and oxygen atoms in total. The molecular formula is C17H25ClN2. The maximum atomic E-state index is 6.01. The maximum Gasteiger partial charge on any atom is 0.0481 e. The molecule has 0 bridgehead atoms. The van der Waals surface area contributed by atoms with Gasteiger partial charge in [0.1, 0.15) is 0 Å². The number of hydrogen-bond acceptors (Lipinski definition) is 1. The number of halogens is 1. The van der Waals surface area contributed by atoms with E-state index in [1.165, 1.54) is 36.6 Å². The van der Waals surface area contributed by atoms with Crippen molar-refractivity contribution in [1.82, 2.24) is 9.88 Å². The average Bonchev–Trinajstić information content (AvgIpc) is 2.81. The van der Waals surface area contributed by atoms with Crippen molar-refractivity contribution in [2.45, 2.75) is 52.1 Å². The molecule has 20 heavy (non-hydrogen) atoms. The van der Waals surface area contributed by atoms with E-state index in [-0.39, 0.29) is 0 Å². The van der Waals surface area contributed by atoms with Crippen LogP contribution in [-0.2, 0) is 6.54 Å². The van der Waals surface area contributed by atoms with Gasteiger partial charge in [-0.25, -0.2) is 0 Å². The van der Waals surface area contributed by atoms with E-state index in [1.54, 1.807) is 0 Å². The molecule has 2 aromatic rings. The molecule has 1 aromatic heterocycles. The molecule has 110 valence electrons. The predicted octanol–water partition coefficient (Wildman–Crippen LogP) is 4.85. The molecule has 1 unspecified atom stereocenters. The lowest BCUT2D eigenvalue weighted by atomic mass is 10.1. The van der Waals surface area contributed by atoms with Gasteiger partial charge in [-0.2, -0.15) is 0 Å². The summed E-state index contributed by atoms with van der Waals surface area (Å²) in [7, 11) is 0. The van der Waals surface area contributed by atoms with Crippen LogP contribution in [0.4, 0.5) is 0 Å². The first-order chi connectivity index (χ1) is 9.70. The molecule has 1 atom stereocenters. The van der Waals surface area contributed by atoms with E-state index < -0.39 is 0 Å². The highest BCUT2D eigenvalue weighted by atomic mass is 35.5. The number of nitrogens with zero attached hydrogens (tertiary/aromatic N) is 1. The van der Waals surface area contributed by atoms with Gasteiger partial charge in [-0.15, -0.1) is 0 Å². The molecular weight excluding hydrogens is 268 g/mol. The summed E-state index contributed by atoms with van der Waals surface area (Å²) in [6, 6.07) is 8.82. The van der Waals surface area contributed by atoms with Crippen molar-refractivity contribution >= 4 is 22.5 Å². The predicted molar refractivity (Wildman–Crippen MR) is 88.6 cm³/mol. The summed E-state index contributed by atoms with van der Waals surface area (Å²) >= 11 is 6.01. The van der Waals surface area contributed by atoms with Gasteiger partial charge in [0.05, 0.1) is 0 Å². The number of aromatic nitrogens is 1. The highest BCUT2D eigenvalue weighted by Gasteiger charge is 2.03. The second-order valence-corrected chi connectivity index (χ2v) is 6.00. The van der Waals surface area contributed by atoms with Crippen LogP contribution in [0.15, 0.2) is 30.5 Å². The summed E-state index contributed by atoms with van der Waals surface area (Å²) < 4.78 is 2.29. The monoisotopic (exact) mass is 292 g/mol. The Bertz CT molecular complexity index is 533. The zero-order chi connectivity index (χ0) is 14.4. The van der Waals surface area contributed by atoms with Gasteiger partial charge in [0.25, 0.3) is 0 Å². The van der Waals surface area contributed by atoms with Crippen LogP contribution in [0.5, 0.6) is 0 Å². The van der Waals surface area contributed by atoms with Crippen LogP contribution in [0.2, 0.25) is 5.02 Å². The van der Waals surface area contributed by atoms with Crippen molar-refractivity contribution in [3.8, 4) is 0 Å². The van der Waals surface area contributed by atoms with Crippen molar-refractivity contribution in [2.75, 3.05) is 6.54 Å². The first kappa shape index (κ1) is 15.4. The third-order valence-corrected chi connectivity index (χ3v) is 4.05. The molecule has 0 spiro atoms. The molecule has 0 saturated carbocycles. The van der Waals surface area contributed by atoms with Gasteiger partial charge in [0.2, 0.25) is 0 Å². The topological polar surface area (TPSA) is 17.0 Å². The van der Waals surface area contributed by atoms with E-state index in [9.17, 15) is 0 Å². The highest BCUT2D eigenvalue weighted by Crippen LogP contribution is 2.20. The minimum Gasteiger partial charge on any atom is -0.346 e. The Hall–Kier alpha value is -0.990. The largest absolute Gasteiger partial charge is 0.346 e. The first-order valence-electron chi connectivity index (χ1n) is 7.68. The van der Waals surface area contributed by atoms with Crippen LogP contribution < -0.4 is 5.32 Å². The summed E-state index contributed by atoms with van der Waals surface area (Å²) in [6.45, 7) is 6.55. The van der Waals surface area contributed by atoms with Crippen LogP contribution in [0.25, 0.3) is 10.9 Å². The third kappa shape index (κ3) is 4.26. The van der Waals surface area contributed by atoms with Gasteiger partial charge in [-0.05, 0) is 37.6 Å². The van der Waals surface area contributed by atoms with Crippen LogP contribution >= 0.6 is 11.6 Å². The number of unbranched alkanes of at least 4 members (excludes halogenated alkanes) is 2. The van der Waals surface area contributed by atoms with Crippen LogP contribution in [0.3, 0.4) is 0 Å². The fraction of sp³-hybridized carbons (Fsp3) is 0.529. The van der Waals surface area contributed by atoms with Gasteiger partial charge in [-0.3, -0.25) is 0 Å². The average molecular weight is 293 g/mol. The summed E-state index contributed by atoms with van der Waals surface area (Å²) in [5.74, 6) is 0. The van der Waals surface area contributed by atoms with Crippen LogP contribution in [-0.4, -0.2) is 17.2 Å². The van der Waals surface area contributed by atoms with E-state index >= 15 is 0 Å². The Morgan fingerprint density at radius 3 is 2.90 bits per heavy atom. The molecule has 1 aromatic carbocycles. The Balaban J connectivity index is 1.81. The molecule has 0 amide bonds. The lowest BCUT2D eigenvalue weighted by Gasteiger charge is -2.14. The van der Waals surface area contributed by atoms with Crippen molar-refractivity contribution in [3.05, 3.63) is 35.5 Å². The van der Waals surface area contributed by atoms with Crippen molar-refractivity contribution in [1.29, 1.82) is 0 Å². The molecule has 0 aliphatic rings. The van der Waals surface area contributed by atoms with Gasteiger partial charge < -0.3 is 9.88 Å². The number of benzene rings is 1. The standard InChI is InChI=1S/C17H25ClN2/c1-3-4-5-6-14(2)19-10-12-20-11-9-15-13-16(18)7-8-17(15)20/h7-9,11,13-14,19H,3-6,10,12H2,1-2H3. The Labute approximate surface area is 127 Å². The summed E-state index contributed by atoms with van der Waals surface area (Å²) in [4.78, 5) is 0. The zero-order valence-corrected chi connectivity index (χ0v) is 13.3. The lowest BCUT2D eigenvalue weighted by Crippen LogP contribution is -2.29. The SMILES string of the molecule is CCCCCC(C)NCCn1ccc2cc(Cl)ccc21. The van der Waals surface area contributed by atoms with Crippen molar-refractivity contribution in [2.24, 2.45) is 0 Å². The first-order valence-corrected chi connectivity index (χ1v) is 8.06. The number of rotatable bonds is 8. The molecule has 3 heteroatoms. The second-order valence-electron chi connectivity index (χ2n) is 5.56. The second kappa shape index (κ2) is 7.70. The van der Waals surface area contributed by atoms with Crippen molar-refractivity contribution in [3.63, 3.8) is 0 Å². The lowest BCUT2D eigenvalue weighted by molar-refractivity contribution is 0.473. The van der Waals surface area contributed by atoms with Gasteiger partial charge in [0, 0.05) is 41.3 Å². The highest BCUT2D eigenvalue weighted by molar-refractivity contribution is 6.31. The minimum absolute atomic E-state index is 0.609. The van der Waals surface area contributed by atoms with E-state index in [1.807, 2.05) is 12.1 Å². The Kier molecular flexibility index (Phi) is 5.93. The molecule has 0 aliphatic heterocycles. The van der Waals surface area contributed by atoms with E-state index in [4.69, 9.17) is 11.6 Å². The Morgan fingerprint density at radius 2 is 2.10 bits per heavy atom. The van der Waals surface area contributed by atoms with Crippen molar-refractivity contribution < 1.29 is 0 Å². The molecule has 0 radical (unpaired) electrons. The molecule has 1 heterocycles. The smallest absolute Gasteiger partial charge is 0.0481 e.